The van der Waals surface area contributed by atoms with Crippen molar-refractivity contribution in [3.63, 3.8) is 0 Å². The topological polar surface area (TPSA) is 61.9 Å². The van der Waals surface area contributed by atoms with Gasteiger partial charge in [0.2, 0.25) is 11.8 Å². The predicted molar refractivity (Wildman–Crippen MR) is 93.6 cm³/mol. The van der Waals surface area contributed by atoms with Gasteiger partial charge in [-0.3, -0.25) is 14.5 Å². The summed E-state index contributed by atoms with van der Waals surface area (Å²) >= 11 is 0. The number of nitrogens with one attached hydrogen (secondary N) is 1. The molecule has 138 valence electrons. The maximum atomic E-state index is 12.6. The summed E-state index contributed by atoms with van der Waals surface area (Å²) in [5.74, 6) is 1.28. The summed E-state index contributed by atoms with van der Waals surface area (Å²) < 4.78 is 5.21. The van der Waals surface area contributed by atoms with Crippen molar-refractivity contribution in [2.45, 2.75) is 45.6 Å². The molecule has 1 N–H and O–H groups in total. The van der Waals surface area contributed by atoms with Crippen molar-refractivity contribution >= 4 is 11.8 Å². The van der Waals surface area contributed by atoms with E-state index in [0.29, 0.717) is 24.8 Å². The lowest BCUT2D eigenvalue weighted by molar-refractivity contribution is -0.140. The van der Waals surface area contributed by atoms with Gasteiger partial charge in [0.15, 0.2) is 0 Å². The maximum Gasteiger partial charge on any atom is 0.237 e. The number of carbonyl (C=O) groups is 2. The summed E-state index contributed by atoms with van der Waals surface area (Å²) in [6.45, 7) is 9.13. The van der Waals surface area contributed by atoms with Crippen molar-refractivity contribution in [1.82, 2.24) is 15.1 Å². The van der Waals surface area contributed by atoms with E-state index in [1.54, 1.807) is 7.11 Å². The number of carbonyl (C=O) groups excluding carboxylic acids is 2. The molecular weight excluding hydrogens is 306 g/mol. The molecule has 0 aromatic heterocycles. The Balaban J connectivity index is 1.86. The van der Waals surface area contributed by atoms with Gasteiger partial charge in [-0.1, -0.05) is 13.8 Å². The fourth-order valence-corrected chi connectivity index (χ4v) is 3.55. The number of amides is 2. The standard InChI is InChI=1S/C18H33N3O3/c1-14(2)4-8-20-11-7-19-18(23)16(20)12-17(22)21-9-5-15(6-10-21)13-24-3/h14-16H,4-13H2,1-3H3,(H,19,23)/t16-/m1/s1. The fourth-order valence-electron chi connectivity index (χ4n) is 3.55. The van der Waals surface area contributed by atoms with Crippen LogP contribution in [0, 0.1) is 11.8 Å². The van der Waals surface area contributed by atoms with E-state index in [9.17, 15) is 9.59 Å². The molecule has 2 rings (SSSR count). The molecule has 6 heteroatoms. The van der Waals surface area contributed by atoms with Crippen molar-refractivity contribution in [2.24, 2.45) is 11.8 Å². The number of rotatable bonds is 7. The van der Waals surface area contributed by atoms with Crippen LogP contribution in [0.25, 0.3) is 0 Å². The van der Waals surface area contributed by atoms with Gasteiger partial charge >= 0.3 is 0 Å². The van der Waals surface area contributed by atoms with E-state index in [-0.39, 0.29) is 17.9 Å². The van der Waals surface area contributed by atoms with Gasteiger partial charge in [0.05, 0.1) is 12.5 Å². The first-order valence-corrected chi connectivity index (χ1v) is 9.29. The highest BCUT2D eigenvalue weighted by atomic mass is 16.5. The van der Waals surface area contributed by atoms with Gasteiger partial charge in [-0.05, 0) is 37.6 Å². The Labute approximate surface area is 145 Å². The van der Waals surface area contributed by atoms with Gasteiger partial charge in [-0.25, -0.2) is 0 Å². The molecule has 2 aliphatic rings. The minimum atomic E-state index is -0.304. The SMILES string of the molecule is COCC1CCN(C(=O)C[C@@H]2C(=O)NCCN2CCC(C)C)CC1. The molecule has 0 bridgehead atoms. The Morgan fingerprint density at radius 3 is 2.62 bits per heavy atom. The molecule has 2 heterocycles. The molecule has 6 nitrogen and oxygen atoms in total. The second-order valence-corrected chi connectivity index (χ2v) is 7.51. The predicted octanol–water partition coefficient (Wildman–Crippen LogP) is 1.11. The highest BCUT2D eigenvalue weighted by molar-refractivity contribution is 5.88. The smallest absolute Gasteiger partial charge is 0.237 e. The van der Waals surface area contributed by atoms with E-state index >= 15 is 0 Å². The van der Waals surface area contributed by atoms with Crippen LogP contribution in [0.4, 0.5) is 0 Å². The Morgan fingerprint density at radius 2 is 2.00 bits per heavy atom. The van der Waals surface area contributed by atoms with E-state index in [0.717, 1.165) is 52.0 Å². The van der Waals surface area contributed by atoms with Crippen LogP contribution in [0.15, 0.2) is 0 Å². The second kappa shape index (κ2) is 9.37. The fraction of sp³-hybridized carbons (Fsp3) is 0.889. The van der Waals surface area contributed by atoms with Gasteiger partial charge in [0.1, 0.15) is 0 Å². The van der Waals surface area contributed by atoms with E-state index in [4.69, 9.17) is 4.74 Å². The molecule has 0 spiro atoms. The van der Waals surface area contributed by atoms with E-state index in [1.165, 1.54) is 0 Å². The van der Waals surface area contributed by atoms with Crippen LogP contribution in [0.5, 0.6) is 0 Å². The highest BCUT2D eigenvalue weighted by Gasteiger charge is 2.33. The monoisotopic (exact) mass is 339 g/mol. The van der Waals surface area contributed by atoms with Crippen LogP contribution in [0.2, 0.25) is 0 Å². The van der Waals surface area contributed by atoms with Crippen LogP contribution in [-0.2, 0) is 14.3 Å². The average Bonchev–Trinajstić information content (AvgIpc) is 2.56. The third-order valence-electron chi connectivity index (χ3n) is 5.17. The number of ether oxygens (including phenoxy) is 1. The largest absolute Gasteiger partial charge is 0.384 e. The lowest BCUT2D eigenvalue weighted by Gasteiger charge is -2.37. The highest BCUT2D eigenvalue weighted by Crippen LogP contribution is 2.20. The normalized spacial score (nSPS) is 23.6. The van der Waals surface area contributed by atoms with Gasteiger partial charge < -0.3 is 15.0 Å². The van der Waals surface area contributed by atoms with Crippen molar-refractivity contribution < 1.29 is 14.3 Å². The summed E-state index contributed by atoms with van der Waals surface area (Å²) in [5, 5.41) is 2.91. The second-order valence-electron chi connectivity index (χ2n) is 7.51. The van der Waals surface area contributed by atoms with Gasteiger partial charge in [0.25, 0.3) is 0 Å². The summed E-state index contributed by atoms with van der Waals surface area (Å²) in [6, 6.07) is -0.304. The molecule has 0 aliphatic carbocycles. The summed E-state index contributed by atoms with van der Waals surface area (Å²) in [7, 11) is 1.73. The molecule has 2 fully saturated rings. The molecular formula is C18H33N3O3. The number of nitrogens with zero attached hydrogens (tertiary/aromatic N) is 2. The molecule has 24 heavy (non-hydrogen) atoms. The van der Waals surface area contributed by atoms with Gasteiger partial charge in [0, 0.05) is 39.9 Å². The average molecular weight is 339 g/mol. The maximum absolute atomic E-state index is 12.6. The number of piperazine rings is 1. The van der Waals surface area contributed by atoms with Crippen LogP contribution in [0.3, 0.4) is 0 Å². The Morgan fingerprint density at radius 1 is 1.29 bits per heavy atom. The number of piperidine rings is 1. The summed E-state index contributed by atoms with van der Waals surface area (Å²) in [5.41, 5.74) is 0. The Hall–Kier alpha value is -1.14. The first-order valence-electron chi connectivity index (χ1n) is 9.29. The van der Waals surface area contributed by atoms with Crippen molar-refractivity contribution in [3.8, 4) is 0 Å². The van der Waals surface area contributed by atoms with Crippen LogP contribution in [0.1, 0.15) is 39.5 Å². The molecule has 0 aromatic carbocycles. The summed E-state index contributed by atoms with van der Waals surface area (Å²) in [6.07, 6.45) is 3.35. The molecule has 2 saturated heterocycles. The number of hydrogen-bond donors (Lipinski definition) is 1. The number of hydrogen-bond acceptors (Lipinski definition) is 4. The molecule has 2 aliphatic heterocycles. The minimum Gasteiger partial charge on any atom is -0.384 e. The van der Waals surface area contributed by atoms with Crippen LogP contribution >= 0.6 is 0 Å². The van der Waals surface area contributed by atoms with Gasteiger partial charge in [-0.15, -0.1) is 0 Å². The third-order valence-corrected chi connectivity index (χ3v) is 5.17. The third kappa shape index (κ3) is 5.45. The summed E-state index contributed by atoms with van der Waals surface area (Å²) in [4.78, 5) is 29.0. The first kappa shape index (κ1) is 19.2. The van der Waals surface area contributed by atoms with Crippen molar-refractivity contribution in [3.05, 3.63) is 0 Å². The van der Waals surface area contributed by atoms with Crippen molar-refractivity contribution in [1.29, 1.82) is 0 Å². The lowest BCUT2D eigenvalue weighted by Crippen LogP contribution is -2.57. The first-order chi connectivity index (χ1) is 11.5. The van der Waals surface area contributed by atoms with Crippen LogP contribution in [-0.4, -0.2) is 74.1 Å². The quantitative estimate of drug-likeness (QED) is 0.755. The van der Waals surface area contributed by atoms with Gasteiger partial charge in [-0.2, -0.15) is 0 Å². The number of likely N-dealkylation sites (tertiary alicyclic amines) is 1. The zero-order chi connectivity index (χ0) is 17.5. The molecule has 0 saturated carbocycles. The van der Waals surface area contributed by atoms with E-state index < -0.39 is 0 Å². The molecule has 0 unspecified atom stereocenters. The Bertz CT molecular complexity index is 420. The zero-order valence-corrected chi connectivity index (χ0v) is 15.4. The minimum absolute atomic E-state index is 0.00706. The number of methoxy groups -OCH3 is 1. The van der Waals surface area contributed by atoms with E-state index in [2.05, 4.69) is 24.1 Å². The lowest BCUT2D eigenvalue weighted by atomic mass is 9.97. The van der Waals surface area contributed by atoms with E-state index in [1.807, 2.05) is 4.90 Å². The zero-order valence-electron chi connectivity index (χ0n) is 15.4. The molecule has 1 atom stereocenters. The Kier molecular flexibility index (Phi) is 7.49. The van der Waals surface area contributed by atoms with Crippen LogP contribution < -0.4 is 5.32 Å². The molecule has 0 radical (unpaired) electrons. The molecule has 2 amide bonds. The van der Waals surface area contributed by atoms with Crippen molar-refractivity contribution in [2.75, 3.05) is 46.4 Å². The molecule has 0 aromatic rings.